The van der Waals surface area contributed by atoms with E-state index in [1.165, 1.54) is 0 Å². The molecule has 0 bridgehead atoms. The van der Waals surface area contributed by atoms with E-state index in [-0.39, 0.29) is 23.6 Å². The number of nitrogens with one attached hydrogen (secondary N) is 2. The number of fused-ring (bicyclic) bond motifs is 1. The monoisotopic (exact) mass is 399 g/mol. The quantitative estimate of drug-likeness (QED) is 0.745. The van der Waals surface area contributed by atoms with E-state index in [2.05, 4.69) is 15.0 Å². The van der Waals surface area contributed by atoms with E-state index in [4.69, 9.17) is 4.74 Å². The molecular weight excluding hydrogens is 374 g/mol. The third-order valence-electron chi connectivity index (χ3n) is 4.84. The summed E-state index contributed by atoms with van der Waals surface area (Å²) in [5.74, 6) is -0.0668. The van der Waals surface area contributed by atoms with Gasteiger partial charge in [-0.2, -0.15) is 0 Å². The van der Waals surface area contributed by atoms with Crippen LogP contribution >= 0.6 is 12.4 Å². The summed E-state index contributed by atoms with van der Waals surface area (Å²) in [4.78, 5) is 4.34. The molecule has 8 heteroatoms. The van der Waals surface area contributed by atoms with Crippen molar-refractivity contribution in [2.24, 2.45) is 5.41 Å². The largest absolute Gasteiger partial charge is 0.384 e. The van der Waals surface area contributed by atoms with Gasteiger partial charge in [-0.25, -0.2) is 13.1 Å². The average Bonchev–Trinajstić information content (AvgIpc) is 2.62. The van der Waals surface area contributed by atoms with E-state index in [0.717, 1.165) is 42.4 Å². The molecule has 1 aromatic carbocycles. The summed E-state index contributed by atoms with van der Waals surface area (Å²) in [7, 11) is -1.78. The summed E-state index contributed by atoms with van der Waals surface area (Å²) in [6, 6.07) is 9.42. The van der Waals surface area contributed by atoms with Crippen molar-refractivity contribution in [2.45, 2.75) is 18.6 Å². The molecule has 0 spiro atoms. The summed E-state index contributed by atoms with van der Waals surface area (Å²) in [6.07, 6.45) is 3.49. The number of nitrogens with zero attached hydrogens (tertiary/aromatic N) is 1. The Morgan fingerprint density at radius 3 is 2.69 bits per heavy atom. The van der Waals surface area contributed by atoms with Crippen LogP contribution in [-0.2, 0) is 20.5 Å². The highest BCUT2D eigenvalue weighted by atomic mass is 35.5. The highest BCUT2D eigenvalue weighted by molar-refractivity contribution is 7.88. The number of hydrogen-bond donors (Lipinski definition) is 2. The number of piperidine rings is 1. The Balaban J connectivity index is 0.00000243. The fourth-order valence-electron chi connectivity index (χ4n) is 3.44. The SMILES string of the molecule is COCC1(CNS(=O)(=O)Cc2cccc3cccnc23)CCNCC1.Cl. The fraction of sp³-hybridized carbons (Fsp3) is 0.500. The highest BCUT2D eigenvalue weighted by Crippen LogP contribution is 2.28. The van der Waals surface area contributed by atoms with Gasteiger partial charge in [0.1, 0.15) is 0 Å². The van der Waals surface area contributed by atoms with E-state index in [0.29, 0.717) is 13.2 Å². The zero-order valence-electron chi connectivity index (χ0n) is 14.9. The Bertz CT molecular complexity index is 813. The van der Waals surface area contributed by atoms with Crippen LogP contribution in [0.3, 0.4) is 0 Å². The van der Waals surface area contributed by atoms with Crippen molar-refractivity contribution in [1.82, 2.24) is 15.0 Å². The minimum atomic E-state index is -3.45. The molecule has 1 aliphatic rings. The lowest BCUT2D eigenvalue weighted by atomic mass is 9.80. The normalized spacial score (nSPS) is 17.0. The summed E-state index contributed by atoms with van der Waals surface area (Å²) < 4.78 is 33.4. The van der Waals surface area contributed by atoms with Gasteiger partial charge in [0.15, 0.2) is 0 Å². The van der Waals surface area contributed by atoms with Crippen LogP contribution in [0, 0.1) is 5.41 Å². The number of rotatable bonds is 7. The van der Waals surface area contributed by atoms with Crippen LogP contribution in [0.2, 0.25) is 0 Å². The first-order valence-corrected chi connectivity index (χ1v) is 10.2. The molecule has 0 unspecified atom stereocenters. The molecule has 0 atom stereocenters. The van der Waals surface area contributed by atoms with Crippen molar-refractivity contribution < 1.29 is 13.2 Å². The molecule has 1 saturated heterocycles. The third kappa shape index (κ3) is 5.14. The Labute approximate surface area is 161 Å². The standard InChI is InChI=1S/C18H25N3O3S.ClH/c1-24-14-18(7-10-19-11-8-18)13-21-25(22,23)12-16-5-2-4-15-6-3-9-20-17(15)16;/h2-6,9,19,21H,7-8,10-14H2,1H3;1H. The van der Waals surface area contributed by atoms with E-state index in [1.54, 1.807) is 13.3 Å². The van der Waals surface area contributed by atoms with Gasteiger partial charge in [-0.05, 0) is 37.6 Å². The summed E-state index contributed by atoms with van der Waals surface area (Å²) in [5.41, 5.74) is 1.32. The van der Waals surface area contributed by atoms with Crippen molar-refractivity contribution in [3.05, 3.63) is 42.1 Å². The van der Waals surface area contributed by atoms with Crippen molar-refractivity contribution >= 4 is 33.3 Å². The van der Waals surface area contributed by atoms with Crippen LogP contribution in [0.4, 0.5) is 0 Å². The van der Waals surface area contributed by atoms with Gasteiger partial charge in [-0.3, -0.25) is 4.98 Å². The van der Waals surface area contributed by atoms with Gasteiger partial charge < -0.3 is 10.1 Å². The molecule has 2 aromatic rings. The fourth-order valence-corrected chi connectivity index (χ4v) is 4.71. The van der Waals surface area contributed by atoms with E-state index in [1.807, 2.05) is 30.3 Å². The van der Waals surface area contributed by atoms with Gasteiger partial charge in [0.25, 0.3) is 0 Å². The molecule has 2 N–H and O–H groups in total. The molecule has 0 amide bonds. The van der Waals surface area contributed by atoms with Crippen LogP contribution in [0.1, 0.15) is 18.4 Å². The smallest absolute Gasteiger partial charge is 0.215 e. The minimum Gasteiger partial charge on any atom is -0.384 e. The second kappa shape index (κ2) is 9.10. The maximum absolute atomic E-state index is 12.6. The highest BCUT2D eigenvalue weighted by Gasteiger charge is 2.33. The average molecular weight is 400 g/mol. The summed E-state index contributed by atoms with van der Waals surface area (Å²) in [5, 5.41) is 4.26. The van der Waals surface area contributed by atoms with Gasteiger partial charge >= 0.3 is 0 Å². The van der Waals surface area contributed by atoms with Crippen LogP contribution in [0.15, 0.2) is 36.5 Å². The van der Waals surface area contributed by atoms with E-state index in [9.17, 15) is 8.42 Å². The van der Waals surface area contributed by atoms with Crippen molar-refractivity contribution in [3.8, 4) is 0 Å². The van der Waals surface area contributed by atoms with Crippen LogP contribution in [-0.4, -0.2) is 46.8 Å². The van der Waals surface area contributed by atoms with Crippen LogP contribution < -0.4 is 10.0 Å². The lowest BCUT2D eigenvalue weighted by molar-refractivity contribution is 0.0577. The maximum atomic E-state index is 12.6. The second-order valence-electron chi connectivity index (χ2n) is 6.76. The zero-order chi connectivity index (χ0) is 17.8. The van der Waals surface area contributed by atoms with Crippen LogP contribution in [0.25, 0.3) is 10.9 Å². The Hall–Kier alpha value is -1.25. The maximum Gasteiger partial charge on any atom is 0.215 e. The molecule has 6 nitrogen and oxygen atoms in total. The Morgan fingerprint density at radius 1 is 1.23 bits per heavy atom. The number of methoxy groups -OCH3 is 1. The van der Waals surface area contributed by atoms with Gasteiger partial charge in [0.2, 0.25) is 10.0 Å². The number of pyridine rings is 1. The van der Waals surface area contributed by atoms with Gasteiger partial charge in [0.05, 0.1) is 17.9 Å². The molecular formula is C18H26ClN3O3S. The third-order valence-corrected chi connectivity index (χ3v) is 6.12. The second-order valence-corrected chi connectivity index (χ2v) is 8.56. The zero-order valence-corrected chi connectivity index (χ0v) is 16.5. The van der Waals surface area contributed by atoms with Crippen molar-refractivity contribution in [1.29, 1.82) is 0 Å². The number of ether oxygens (including phenoxy) is 1. The lowest BCUT2D eigenvalue weighted by Gasteiger charge is -2.37. The number of benzene rings is 1. The number of sulfonamides is 1. The summed E-state index contributed by atoms with van der Waals surface area (Å²) >= 11 is 0. The van der Waals surface area contributed by atoms with Crippen LogP contribution in [0.5, 0.6) is 0 Å². The summed E-state index contributed by atoms with van der Waals surface area (Å²) in [6.45, 7) is 2.74. The molecule has 26 heavy (non-hydrogen) atoms. The van der Waals surface area contributed by atoms with Crippen molar-refractivity contribution in [3.63, 3.8) is 0 Å². The molecule has 1 fully saturated rings. The number of halogens is 1. The predicted molar refractivity (Wildman–Crippen MR) is 106 cm³/mol. The topological polar surface area (TPSA) is 80.3 Å². The predicted octanol–water partition coefficient (Wildman–Crippen LogP) is 2.09. The van der Waals surface area contributed by atoms with Gasteiger partial charge in [-0.15, -0.1) is 12.4 Å². The number of aromatic nitrogens is 1. The van der Waals surface area contributed by atoms with E-state index < -0.39 is 10.0 Å². The Morgan fingerprint density at radius 2 is 1.96 bits per heavy atom. The molecule has 1 aromatic heterocycles. The molecule has 0 radical (unpaired) electrons. The lowest BCUT2D eigenvalue weighted by Crippen LogP contribution is -2.47. The molecule has 3 rings (SSSR count). The first-order chi connectivity index (χ1) is 12.0. The molecule has 1 aliphatic heterocycles. The van der Waals surface area contributed by atoms with Gasteiger partial charge in [0, 0.05) is 30.7 Å². The number of hydrogen-bond acceptors (Lipinski definition) is 5. The minimum absolute atomic E-state index is 0. The van der Waals surface area contributed by atoms with Gasteiger partial charge in [-0.1, -0.05) is 24.3 Å². The molecule has 2 heterocycles. The first-order valence-electron chi connectivity index (χ1n) is 8.53. The Kier molecular flexibility index (Phi) is 7.37. The number of para-hydroxylation sites is 1. The molecule has 0 aliphatic carbocycles. The molecule has 0 saturated carbocycles. The van der Waals surface area contributed by atoms with E-state index >= 15 is 0 Å². The van der Waals surface area contributed by atoms with Crippen molar-refractivity contribution in [2.75, 3.05) is 33.4 Å². The first kappa shape index (κ1) is 21.1. The molecule has 144 valence electrons.